The number of aryl methyl sites for hydroxylation is 2. The highest BCUT2D eigenvalue weighted by atomic mass is 35.5. The Hall–Kier alpha value is -4.74. The first-order valence-electron chi connectivity index (χ1n) is 18.9. The minimum absolute atomic E-state index is 0.0132. The number of likely N-dealkylation sites (tertiary alicyclic amines) is 1. The topological polar surface area (TPSA) is 114 Å². The second-order valence-corrected chi connectivity index (χ2v) is 16.6. The number of piperidine rings is 1. The number of halogens is 3. The quantitative estimate of drug-likeness (QED) is 0.179. The van der Waals surface area contributed by atoms with Crippen molar-refractivity contribution in [1.82, 2.24) is 24.8 Å². The van der Waals surface area contributed by atoms with E-state index < -0.39 is 5.82 Å². The van der Waals surface area contributed by atoms with Gasteiger partial charge in [0, 0.05) is 89.1 Å². The van der Waals surface area contributed by atoms with E-state index in [-0.39, 0.29) is 58.9 Å². The number of amides is 1. The number of carbonyl (C=O) groups excluding carboxylic acids is 1. The van der Waals surface area contributed by atoms with Crippen LogP contribution in [0.15, 0.2) is 48.7 Å². The summed E-state index contributed by atoms with van der Waals surface area (Å²) in [7, 11) is 0. The molecule has 2 aromatic carbocycles. The SMILES string of the molecule is Cc1nc2c(F)c(-c3cccc(Cl)c3Cl)c(CCC#N)cc2c2c1cc(C1C3CC(CN(c4ccnc(C#N)c4)C3)N1C(=O)C1CC1)n2C1C2CNC1C2. The summed E-state index contributed by atoms with van der Waals surface area (Å²) in [5.41, 5.74) is 5.77. The van der Waals surface area contributed by atoms with Crippen molar-refractivity contribution in [2.75, 3.05) is 24.5 Å². The summed E-state index contributed by atoms with van der Waals surface area (Å²) >= 11 is 13.2. The van der Waals surface area contributed by atoms with Crippen LogP contribution < -0.4 is 10.2 Å². The Balaban J connectivity index is 1.21. The Morgan fingerprint density at radius 3 is 2.67 bits per heavy atom. The number of fused-ring (bicyclic) bond motifs is 6. The number of nitriles is 2. The van der Waals surface area contributed by atoms with Gasteiger partial charge in [0.05, 0.1) is 39.8 Å². The molecule has 6 fully saturated rings. The third kappa shape index (κ3) is 5.07. The van der Waals surface area contributed by atoms with E-state index in [9.17, 15) is 15.3 Å². The lowest BCUT2D eigenvalue weighted by Crippen LogP contribution is -2.45. The van der Waals surface area contributed by atoms with E-state index in [4.69, 9.17) is 28.2 Å². The molecule has 4 aliphatic heterocycles. The number of pyridine rings is 2. The Morgan fingerprint density at radius 1 is 1.07 bits per heavy atom. The Bertz CT molecular complexity index is 2490. The van der Waals surface area contributed by atoms with Crippen molar-refractivity contribution in [3.8, 4) is 23.3 Å². The number of nitrogens with zero attached hydrogens (tertiary/aromatic N) is 7. The molecule has 0 spiro atoms. The molecule has 6 unspecified atom stereocenters. The summed E-state index contributed by atoms with van der Waals surface area (Å²) < 4.78 is 19.8. The van der Waals surface area contributed by atoms with Crippen molar-refractivity contribution < 1.29 is 9.18 Å². The van der Waals surface area contributed by atoms with E-state index in [1.165, 1.54) is 0 Å². The fraction of sp³-hybridized carbons (Fsp3) is 0.405. The maximum atomic E-state index is 17.3. The van der Waals surface area contributed by atoms with Crippen molar-refractivity contribution in [3.05, 3.63) is 87.2 Å². The number of aromatic nitrogens is 3. The minimum atomic E-state index is -0.481. The molecule has 1 amide bonds. The van der Waals surface area contributed by atoms with Crippen molar-refractivity contribution in [2.24, 2.45) is 17.8 Å². The Kier molecular flexibility index (Phi) is 7.93. The molecule has 3 aromatic heterocycles. The van der Waals surface area contributed by atoms with Crippen LogP contribution in [0.25, 0.3) is 32.9 Å². The maximum Gasteiger partial charge on any atom is 0.226 e. The first kappa shape index (κ1) is 33.8. The van der Waals surface area contributed by atoms with E-state index in [0.717, 1.165) is 61.1 Å². The number of nitrogens with one attached hydrogen (secondary N) is 1. The average Bonchev–Trinajstić information content (AvgIpc) is 3.46. The smallest absolute Gasteiger partial charge is 0.226 e. The summed E-state index contributed by atoms with van der Waals surface area (Å²) in [6, 6.07) is 17.9. The van der Waals surface area contributed by atoms with Gasteiger partial charge in [0.25, 0.3) is 0 Å². The maximum absolute atomic E-state index is 17.3. The van der Waals surface area contributed by atoms with E-state index >= 15 is 4.39 Å². The predicted octanol–water partition coefficient (Wildman–Crippen LogP) is 8.05. The standard InChI is InChI=1S/C42H37Cl2FN8O/c1-21-30-16-34(40-25-12-28(52(40)42(54)22-7-8-22)20-51(19-25)27-9-11-48-26(15-27)17-47)53(39-24-14-33(39)49-18-24)41(30)31-13-23(4-3-10-46)35(37(45)38(31)50-21)29-5-2-6-32(43)36(29)44/h2,5-6,9,11,13,15-16,22,24-25,28,33,39-40,49H,3-4,7-8,12,14,18-20H2,1H3. The molecule has 11 rings (SSSR count). The number of hydrogen-bond donors (Lipinski definition) is 1. The van der Waals surface area contributed by atoms with Gasteiger partial charge in [-0.25, -0.2) is 14.4 Å². The van der Waals surface area contributed by atoms with Crippen LogP contribution in [0.1, 0.15) is 66.8 Å². The summed E-state index contributed by atoms with van der Waals surface area (Å²) in [4.78, 5) is 28.1. The number of hydrogen-bond acceptors (Lipinski definition) is 7. The van der Waals surface area contributed by atoms with Gasteiger partial charge in [0.15, 0.2) is 5.82 Å². The molecule has 12 heteroatoms. The molecular weight excluding hydrogens is 722 g/mol. The molecule has 4 saturated heterocycles. The summed E-state index contributed by atoms with van der Waals surface area (Å²) in [5.74, 6) is 0.333. The molecule has 2 aliphatic carbocycles. The highest BCUT2D eigenvalue weighted by molar-refractivity contribution is 6.43. The second-order valence-electron chi connectivity index (χ2n) is 15.8. The number of anilines is 1. The van der Waals surface area contributed by atoms with E-state index in [2.05, 4.69) is 42.9 Å². The van der Waals surface area contributed by atoms with Crippen LogP contribution in [0.2, 0.25) is 10.0 Å². The normalized spacial score (nSPS) is 25.6. The molecule has 272 valence electrons. The Labute approximate surface area is 322 Å². The van der Waals surface area contributed by atoms with Gasteiger partial charge in [-0.1, -0.05) is 35.3 Å². The summed E-state index contributed by atoms with van der Waals surface area (Å²) in [6.07, 6.45) is 6.00. The molecule has 0 radical (unpaired) electrons. The second kappa shape index (κ2) is 12.7. The van der Waals surface area contributed by atoms with Crippen LogP contribution >= 0.6 is 23.2 Å². The fourth-order valence-corrected chi connectivity index (χ4v) is 10.6. The number of carbonyl (C=O) groups is 1. The first-order valence-corrected chi connectivity index (χ1v) is 19.7. The zero-order valence-corrected chi connectivity index (χ0v) is 31.2. The lowest BCUT2D eigenvalue weighted by Gasteiger charge is -2.40. The monoisotopic (exact) mass is 758 g/mol. The Morgan fingerprint density at radius 2 is 1.93 bits per heavy atom. The van der Waals surface area contributed by atoms with E-state index in [1.54, 1.807) is 24.4 Å². The number of benzene rings is 2. The van der Waals surface area contributed by atoms with Gasteiger partial charge >= 0.3 is 0 Å². The molecule has 6 aliphatic rings. The van der Waals surface area contributed by atoms with Gasteiger partial charge in [-0.3, -0.25) is 4.79 Å². The van der Waals surface area contributed by atoms with Crippen LogP contribution in [-0.4, -0.2) is 57.1 Å². The first-order chi connectivity index (χ1) is 26.2. The molecule has 2 saturated carbocycles. The van der Waals surface area contributed by atoms with Crippen LogP contribution in [0.4, 0.5) is 10.1 Å². The number of rotatable bonds is 7. The van der Waals surface area contributed by atoms with Gasteiger partial charge in [-0.15, -0.1) is 0 Å². The average molecular weight is 760 g/mol. The minimum Gasteiger partial charge on any atom is -0.369 e. The lowest BCUT2D eigenvalue weighted by atomic mass is 9.79. The molecular formula is C42H37Cl2FN8O. The van der Waals surface area contributed by atoms with E-state index in [1.807, 2.05) is 25.1 Å². The van der Waals surface area contributed by atoms with Gasteiger partial charge < -0.3 is 19.7 Å². The van der Waals surface area contributed by atoms with Gasteiger partial charge in [-0.2, -0.15) is 10.5 Å². The fourth-order valence-electron chi connectivity index (χ4n) is 10.2. The van der Waals surface area contributed by atoms with Crippen LogP contribution in [0.3, 0.4) is 0 Å². The molecule has 9 nitrogen and oxygen atoms in total. The molecule has 5 aromatic rings. The summed E-state index contributed by atoms with van der Waals surface area (Å²) in [6.45, 7) is 4.27. The molecule has 4 bridgehead atoms. The van der Waals surface area contributed by atoms with Crippen molar-refractivity contribution in [1.29, 1.82) is 10.5 Å². The highest BCUT2D eigenvalue weighted by Crippen LogP contribution is 2.54. The van der Waals surface area contributed by atoms with Gasteiger partial charge in [-0.05, 0) is 80.8 Å². The van der Waals surface area contributed by atoms with Crippen molar-refractivity contribution in [3.63, 3.8) is 0 Å². The molecule has 54 heavy (non-hydrogen) atoms. The van der Waals surface area contributed by atoms with Crippen LogP contribution in [0, 0.1) is 53.2 Å². The third-order valence-electron chi connectivity index (χ3n) is 12.7. The molecule has 7 heterocycles. The summed E-state index contributed by atoms with van der Waals surface area (Å²) in [5, 5.41) is 25.2. The van der Waals surface area contributed by atoms with Gasteiger partial charge in [0.2, 0.25) is 5.91 Å². The highest BCUT2D eigenvalue weighted by Gasteiger charge is 2.55. The zero-order valence-electron chi connectivity index (χ0n) is 29.7. The van der Waals surface area contributed by atoms with Crippen LogP contribution in [0.5, 0.6) is 0 Å². The molecule has 1 N–H and O–H groups in total. The van der Waals surface area contributed by atoms with E-state index in [0.29, 0.717) is 57.4 Å². The van der Waals surface area contributed by atoms with Crippen LogP contribution in [-0.2, 0) is 11.2 Å². The third-order valence-corrected chi connectivity index (χ3v) is 13.6. The van der Waals surface area contributed by atoms with Gasteiger partial charge in [0.1, 0.15) is 17.3 Å². The predicted molar refractivity (Wildman–Crippen MR) is 206 cm³/mol. The van der Waals surface area contributed by atoms with Crippen molar-refractivity contribution >= 4 is 56.6 Å². The largest absolute Gasteiger partial charge is 0.369 e. The van der Waals surface area contributed by atoms with Crippen molar-refractivity contribution in [2.45, 2.75) is 69.6 Å². The molecule has 6 atom stereocenters. The zero-order chi connectivity index (χ0) is 37.0. The lowest BCUT2D eigenvalue weighted by molar-refractivity contribution is -0.135.